The number of carbonyl (C=O) groups is 2. The minimum absolute atomic E-state index is 0.0140. The molecule has 8 heteroatoms. The van der Waals surface area contributed by atoms with Gasteiger partial charge in [-0.05, 0) is 86.7 Å². The van der Waals surface area contributed by atoms with Gasteiger partial charge < -0.3 is 14.6 Å². The van der Waals surface area contributed by atoms with Gasteiger partial charge in [-0.3, -0.25) is 4.79 Å². The number of aryl methyl sites for hydroxylation is 1. The van der Waals surface area contributed by atoms with Crippen LogP contribution in [0.4, 0.5) is 0 Å². The van der Waals surface area contributed by atoms with Crippen molar-refractivity contribution >= 4 is 35.5 Å². The molecule has 1 aromatic rings. The third-order valence-corrected chi connectivity index (χ3v) is 11.8. The average Bonchev–Trinajstić information content (AvgIpc) is 3.41. The summed E-state index contributed by atoms with van der Waals surface area (Å²) >= 11 is 2.64. The first kappa shape index (κ1) is 31.0. The van der Waals surface area contributed by atoms with Crippen LogP contribution in [0.2, 0.25) is 0 Å². The number of carbonyl (C=O) groups excluding carboxylic acids is 2. The van der Waals surface area contributed by atoms with Gasteiger partial charge >= 0.3 is 11.9 Å². The van der Waals surface area contributed by atoms with Crippen molar-refractivity contribution < 1.29 is 24.2 Å². The number of aliphatic hydroxyl groups excluding tert-OH is 1. The topological polar surface area (TPSA) is 96.6 Å². The largest absolute Gasteiger partial charge is 0.462 e. The zero-order valence-corrected chi connectivity index (χ0v) is 25.9. The summed E-state index contributed by atoms with van der Waals surface area (Å²) in [6, 6.07) is 5.76. The Morgan fingerprint density at radius 2 is 1.65 bits per heavy atom. The Morgan fingerprint density at radius 1 is 1.02 bits per heavy atom. The number of esters is 2. The highest BCUT2D eigenvalue weighted by atomic mass is 32.2. The third kappa shape index (κ3) is 7.46. The standard InChI is InChI=1S/C32H43NO5S2/c1-5-21-7-9-22(10-8-21)23-11-13-24(14-12-23)29(35)38-26-15-6-20(2)27-28(26)40-31(39-27)25(18-33)30(36)37-17-16-32(3,4)19-34/h6,15,21-24,34H,5,7-14,16-17,19H2,1-4H3. The van der Waals surface area contributed by atoms with Gasteiger partial charge in [0.1, 0.15) is 11.8 Å². The van der Waals surface area contributed by atoms with Crippen LogP contribution in [0.15, 0.2) is 31.7 Å². The van der Waals surface area contributed by atoms with Gasteiger partial charge in [-0.25, -0.2) is 4.79 Å². The molecule has 1 aromatic carbocycles. The fourth-order valence-electron chi connectivity index (χ4n) is 6.09. The summed E-state index contributed by atoms with van der Waals surface area (Å²) in [5, 5.41) is 19.2. The Morgan fingerprint density at radius 3 is 2.25 bits per heavy atom. The van der Waals surface area contributed by atoms with Crippen molar-refractivity contribution in [3.05, 3.63) is 27.5 Å². The molecule has 1 heterocycles. The molecule has 0 spiro atoms. The molecule has 0 saturated heterocycles. The van der Waals surface area contributed by atoms with Gasteiger partial charge in [-0.2, -0.15) is 5.26 Å². The lowest BCUT2D eigenvalue weighted by Gasteiger charge is -2.37. The van der Waals surface area contributed by atoms with Crippen LogP contribution in [0.3, 0.4) is 0 Å². The van der Waals surface area contributed by atoms with E-state index in [9.17, 15) is 20.0 Å². The molecule has 3 aliphatic rings. The lowest BCUT2D eigenvalue weighted by molar-refractivity contribution is -0.141. The second-order valence-electron chi connectivity index (χ2n) is 12.4. The van der Waals surface area contributed by atoms with E-state index in [1.807, 2.05) is 39.0 Å². The Labute approximate surface area is 247 Å². The molecular weight excluding hydrogens is 542 g/mol. The zero-order chi connectivity index (χ0) is 28.9. The van der Waals surface area contributed by atoms with E-state index in [1.54, 1.807) is 0 Å². The van der Waals surface area contributed by atoms with Crippen molar-refractivity contribution in [3.8, 4) is 11.8 Å². The van der Waals surface area contributed by atoms with E-state index in [0.29, 0.717) is 16.4 Å². The van der Waals surface area contributed by atoms with Crippen molar-refractivity contribution in [1.82, 2.24) is 0 Å². The zero-order valence-electron chi connectivity index (χ0n) is 24.3. The Kier molecular flexibility index (Phi) is 10.7. The quantitative estimate of drug-likeness (QED) is 0.136. The number of aliphatic hydroxyl groups is 1. The first-order valence-electron chi connectivity index (χ1n) is 14.8. The van der Waals surface area contributed by atoms with Gasteiger partial charge in [-0.1, -0.05) is 69.6 Å². The second kappa shape index (κ2) is 13.8. The van der Waals surface area contributed by atoms with Gasteiger partial charge in [0.2, 0.25) is 0 Å². The fraction of sp³-hybridized carbons (Fsp3) is 0.656. The maximum atomic E-state index is 13.2. The van der Waals surface area contributed by atoms with Crippen LogP contribution in [0.1, 0.15) is 90.5 Å². The van der Waals surface area contributed by atoms with Gasteiger partial charge in [0.25, 0.3) is 0 Å². The molecule has 0 amide bonds. The number of nitriles is 1. The molecular formula is C32H43NO5S2. The van der Waals surface area contributed by atoms with Crippen LogP contribution in [-0.2, 0) is 14.3 Å². The lowest BCUT2D eigenvalue weighted by Crippen LogP contribution is -2.30. The molecule has 0 unspecified atom stereocenters. The molecule has 0 atom stereocenters. The van der Waals surface area contributed by atoms with Gasteiger partial charge in [0.05, 0.1) is 21.7 Å². The van der Waals surface area contributed by atoms with E-state index in [0.717, 1.165) is 58.8 Å². The van der Waals surface area contributed by atoms with Crippen molar-refractivity contribution in [2.75, 3.05) is 13.2 Å². The highest BCUT2D eigenvalue weighted by Gasteiger charge is 2.35. The summed E-state index contributed by atoms with van der Waals surface area (Å²) in [7, 11) is 0. The number of hydrogen-bond donors (Lipinski definition) is 1. The number of hydrogen-bond acceptors (Lipinski definition) is 8. The second-order valence-corrected chi connectivity index (χ2v) is 14.7. The fourth-order valence-corrected chi connectivity index (χ4v) is 8.72. The van der Waals surface area contributed by atoms with Crippen LogP contribution in [-0.4, -0.2) is 30.3 Å². The highest BCUT2D eigenvalue weighted by Crippen LogP contribution is 2.57. The summed E-state index contributed by atoms with van der Waals surface area (Å²) in [6.45, 7) is 8.16. The highest BCUT2D eigenvalue weighted by molar-refractivity contribution is 8.24. The summed E-state index contributed by atoms with van der Waals surface area (Å²) in [5.41, 5.74) is 0.586. The van der Waals surface area contributed by atoms with Crippen molar-refractivity contribution in [1.29, 1.82) is 5.26 Å². The predicted molar refractivity (Wildman–Crippen MR) is 159 cm³/mol. The van der Waals surface area contributed by atoms with Crippen molar-refractivity contribution in [2.24, 2.45) is 29.1 Å². The van der Waals surface area contributed by atoms with E-state index in [-0.39, 0.29) is 36.1 Å². The van der Waals surface area contributed by atoms with Crippen LogP contribution >= 0.6 is 23.5 Å². The molecule has 1 N–H and O–H groups in total. The summed E-state index contributed by atoms with van der Waals surface area (Å²) in [5.74, 6) is 2.04. The molecule has 4 rings (SSSR count). The molecule has 0 radical (unpaired) electrons. The Balaban J connectivity index is 1.37. The Bertz CT molecular complexity index is 1150. The van der Waals surface area contributed by atoms with Crippen LogP contribution in [0, 0.1) is 47.3 Å². The molecule has 0 bridgehead atoms. The van der Waals surface area contributed by atoms with E-state index in [2.05, 4.69) is 6.92 Å². The maximum absolute atomic E-state index is 13.2. The van der Waals surface area contributed by atoms with Crippen LogP contribution in [0.5, 0.6) is 5.75 Å². The molecule has 218 valence electrons. The van der Waals surface area contributed by atoms with Crippen LogP contribution < -0.4 is 4.74 Å². The number of benzene rings is 1. The van der Waals surface area contributed by atoms with Crippen molar-refractivity contribution in [3.63, 3.8) is 0 Å². The molecule has 1 aliphatic heterocycles. The number of rotatable bonds is 9. The Hall–Kier alpha value is -1.95. The minimum Gasteiger partial charge on any atom is -0.462 e. The number of thioether (sulfide) groups is 2. The molecule has 2 aliphatic carbocycles. The minimum atomic E-state index is -0.671. The number of nitrogens with zero attached hydrogens (tertiary/aromatic N) is 1. The predicted octanol–water partition coefficient (Wildman–Crippen LogP) is 7.81. The van der Waals surface area contributed by atoms with E-state index in [1.165, 1.54) is 55.6 Å². The van der Waals surface area contributed by atoms with Gasteiger partial charge in [-0.15, -0.1) is 0 Å². The monoisotopic (exact) mass is 585 g/mol. The van der Waals surface area contributed by atoms with E-state index < -0.39 is 5.97 Å². The van der Waals surface area contributed by atoms with Gasteiger partial charge in [0.15, 0.2) is 5.57 Å². The molecule has 6 nitrogen and oxygen atoms in total. The van der Waals surface area contributed by atoms with E-state index >= 15 is 0 Å². The SMILES string of the molecule is CCC1CCC(C2CCC(C(=O)Oc3ccc(C)c4c3SC(=C(C#N)C(=O)OCCC(C)(C)CO)S4)CC2)CC1. The normalized spacial score (nSPS) is 26.0. The smallest absolute Gasteiger partial charge is 0.350 e. The number of fused-ring (bicyclic) bond motifs is 1. The maximum Gasteiger partial charge on any atom is 0.350 e. The summed E-state index contributed by atoms with van der Waals surface area (Å²) in [4.78, 5) is 27.6. The molecule has 2 saturated carbocycles. The molecule has 0 aromatic heterocycles. The first-order valence-corrected chi connectivity index (χ1v) is 16.4. The number of ether oxygens (including phenoxy) is 2. The first-order chi connectivity index (χ1) is 19.2. The van der Waals surface area contributed by atoms with Gasteiger partial charge in [0, 0.05) is 11.5 Å². The molecule has 40 heavy (non-hydrogen) atoms. The lowest BCUT2D eigenvalue weighted by atomic mass is 9.69. The van der Waals surface area contributed by atoms with E-state index in [4.69, 9.17) is 9.47 Å². The summed E-state index contributed by atoms with van der Waals surface area (Å²) < 4.78 is 11.9. The summed E-state index contributed by atoms with van der Waals surface area (Å²) in [6.07, 6.45) is 11.2. The molecule has 2 fully saturated rings. The third-order valence-electron chi connectivity index (χ3n) is 9.07. The average molecular weight is 586 g/mol. The van der Waals surface area contributed by atoms with Crippen molar-refractivity contribution in [2.45, 2.75) is 102 Å². The van der Waals surface area contributed by atoms with Crippen LogP contribution in [0.25, 0.3) is 0 Å².